The predicted octanol–water partition coefficient (Wildman–Crippen LogP) is 3.32. The fourth-order valence-corrected chi connectivity index (χ4v) is 3.13. The minimum Gasteiger partial charge on any atom is -0.361 e. The van der Waals surface area contributed by atoms with Crippen molar-refractivity contribution >= 4 is 22.2 Å². The number of rotatable bonds is 3. The molecular formula is C14H14N2S. The molecule has 0 unspecified atom stereocenters. The Kier molecular flexibility index (Phi) is 2.71. The highest BCUT2D eigenvalue weighted by Gasteiger charge is 2.16. The Balaban J connectivity index is 2.13. The molecule has 0 saturated carbocycles. The second-order valence-electron chi connectivity index (χ2n) is 4.09. The van der Waals surface area contributed by atoms with Crippen molar-refractivity contribution in [2.45, 2.75) is 5.92 Å². The van der Waals surface area contributed by atoms with Crippen molar-refractivity contribution in [2.24, 2.45) is 5.73 Å². The molecule has 0 saturated heterocycles. The molecule has 1 aromatic carbocycles. The molecule has 0 fully saturated rings. The van der Waals surface area contributed by atoms with E-state index in [1.807, 2.05) is 6.07 Å². The van der Waals surface area contributed by atoms with Crippen LogP contribution in [0.15, 0.2) is 48.0 Å². The molecule has 0 spiro atoms. The molecule has 0 aliphatic rings. The van der Waals surface area contributed by atoms with Gasteiger partial charge < -0.3 is 10.7 Å². The number of aromatic amines is 1. The summed E-state index contributed by atoms with van der Waals surface area (Å²) in [7, 11) is 0. The Morgan fingerprint density at radius 2 is 2.06 bits per heavy atom. The van der Waals surface area contributed by atoms with E-state index < -0.39 is 0 Å². The van der Waals surface area contributed by atoms with Crippen LogP contribution in [-0.2, 0) is 0 Å². The van der Waals surface area contributed by atoms with E-state index in [0.29, 0.717) is 12.5 Å². The number of nitrogens with one attached hydrogen (secondary N) is 1. The summed E-state index contributed by atoms with van der Waals surface area (Å²) in [5, 5.41) is 3.38. The lowest BCUT2D eigenvalue weighted by molar-refractivity contribution is 0.842. The zero-order valence-electron chi connectivity index (χ0n) is 9.39. The molecule has 17 heavy (non-hydrogen) atoms. The van der Waals surface area contributed by atoms with Gasteiger partial charge in [-0.25, -0.2) is 0 Å². The van der Waals surface area contributed by atoms with Crippen LogP contribution in [0.2, 0.25) is 0 Å². The lowest BCUT2D eigenvalue weighted by atomic mass is 9.97. The molecule has 86 valence electrons. The van der Waals surface area contributed by atoms with E-state index in [4.69, 9.17) is 5.73 Å². The van der Waals surface area contributed by atoms with Crippen LogP contribution in [0.4, 0.5) is 0 Å². The Hall–Kier alpha value is -1.58. The molecule has 2 aromatic heterocycles. The number of hydrogen-bond acceptors (Lipinski definition) is 2. The summed E-state index contributed by atoms with van der Waals surface area (Å²) in [4.78, 5) is 4.64. The first kappa shape index (κ1) is 10.6. The zero-order valence-corrected chi connectivity index (χ0v) is 10.2. The fourth-order valence-electron chi connectivity index (χ4n) is 2.27. The lowest BCUT2D eigenvalue weighted by Gasteiger charge is -2.11. The monoisotopic (exact) mass is 242 g/mol. The van der Waals surface area contributed by atoms with E-state index in [0.717, 1.165) is 0 Å². The van der Waals surface area contributed by atoms with Gasteiger partial charge in [0.25, 0.3) is 0 Å². The Bertz CT molecular complexity index is 610. The maximum Gasteiger partial charge on any atom is 0.0457 e. The minimum atomic E-state index is 0.297. The molecule has 1 atom stereocenters. The van der Waals surface area contributed by atoms with E-state index >= 15 is 0 Å². The number of benzene rings is 1. The van der Waals surface area contributed by atoms with Crippen LogP contribution in [-0.4, -0.2) is 11.5 Å². The van der Waals surface area contributed by atoms with Crippen molar-refractivity contribution in [1.82, 2.24) is 4.98 Å². The van der Waals surface area contributed by atoms with Gasteiger partial charge in [0.05, 0.1) is 0 Å². The summed E-state index contributed by atoms with van der Waals surface area (Å²) in [6.45, 7) is 0.641. The lowest BCUT2D eigenvalue weighted by Crippen LogP contribution is -2.12. The summed E-state index contributed by atoms with van der Waals surface area (Å²) in [6, 6.07) is 12.6. The van der Waals surface area contributed by atoms with Gasteiger partial charge in [-0.2, -0.15) is 0 Å². The normalized spacial score (nSPS) is 13.0. The highest BCUT2D eigenvalue weighted by molar-refractivity contribution is 7.10. The minimum absolute atomic E-state index is 0.297. The number of H-pyrrole nitrogens is 1. The number of para-hydroxylation sites is 1. The summed E-state index contributed by atoms with van der Waals surface area (Å²) in [5.74, 6) is 0.297. The molecular weight excluding hydrogens is 228 g/mol. The maximum absolute atomic E-state index is 5.94. The summed E-state index contributed by atoms with van der Waals surface area (Å²) < 4.78 is 0. The van der Waals surface area contributed by atoms with Crippen LogP contribution in [0.1, 0.15) is 16.4 Å². The highest BCUT2D eigenvalue weighted by atomic mass is 32.1. The van der Waals surface area contributed by atoms with Gasteiger partial charge in [0.15, 0.2) is 0 Å². The third kappa shape index (κ3) is 1.77. The van der Waals surface area contributed by atoms with Crippen LogP contribution in [0, 0.1) is 0 Å². The van der Waals surface area contributed by atoms with Gasteiger partial charge in [-0.1, -0.05) is 24.3 Å². The van der Waals surface area contributed by atoms with Crippen molar-refractivity contribution in [2.75, 3.05) is 6.54 Å². The van der Waals surface area contributed by atoms with E-state index in [2.05, 4.69) is 46.9 Å². The van der Waals surface area contributed by atoms with E-state index in [9.17, 15) is 0 Å². The largest absolute Gasteiger partial charge is 0.361 e. The summed E-state index contributed by atoms with van der Waals surface area (Å²) in [6.07, 6.45) is 2.09. The summed E-state index contributed by atoms with van der Waals surface area (Å²) >= 11 is 1.77. The fraction of sp³-hybridized carbons (Fsp3) is 0.143. The average Bonchev–Trinajstić information content (AvgIpc) is 3.01. The van der Waals surface area contributed by atoms with Crippen molar-refractivity contribution in [1.29, 1.82) is 0 Å². The number of hydrogen-bond donors (Lipinski definition) is 2. The summed E-state index contributed by atoms with van der Waals surface area (Å²) in [5.41, 5.74) is 8.41. The highest BCUT2D eigenvalue weighted by Crippen LogP contribution is 2.32. The molecule has 0 aliphatic heterocycles. The van der Waals surface area contributed by atoms with Gasteiger partial charge in [-0.3, -0.25) is 0 Å². The van der Waals surface area contributed by atoms with E-state index in [-0.39, 0.29) is 0 Å². The number of aromatic nitrogens is 1. The molecule has 0 aliphatic carbocycles. The molecule has 0 bridgehead atoms. The average molecular weight is 242 g/mol. The molecule has 2 nitrogen and oxygen atoms in total. The zero-order chi connectivity index (χ0) is 11.7. The number of thiophene rings is 1. The van der Waals surface area contributed by atoms with E-state index in [1.54, 1.807) is 11.3 Å². The van der Waals surface area contributed by atoms with Crippen LogP contribution < -0.4 is 5.73 Å². The Labute approximate surface area is 104 Å². The SMILES string of the molecule is NC[C@H](c1cccs1)c1c[nH]c2ccccc12. The van der Waals surface area contributed by atoms with Gasteiger partial charge in [0.1, 0.15) is 0 Å². The second kappa shape index (κ2) is 4.35. The molecule has 3 N–H and O–H groups in total. The first-order valence-corrected chi connectivity index (χ1v) is 6.57. The Morgan fingerprint density at radius 3 is 2.82 bits per heavy atom. The maximum atomic E-state index is 5.94. The van der Waals surface area contributed by atoms with Gasteiger partial charge in [-0.15, -0.1) is 11.3 Å². The topological polar surface area (TPSA) is 41.8 Å². The quantitative estimate of drug-likeness (QED) is 0.727. The molecule has 3 heteroatoms. The van der Waals surface area contributed by atoms with E-state index in [1.165, 1.54) is 21.3 Å². The van der Waals surface area contributed by atoms with Crippen molar-refractivity contribution in [3.8, 4) is 0 Å². The molecule has 0 radical (unpaired) electrons. The molecule has 3 rings (SSSR count). The smallest absolute Gasteiger partial charge is 0.0457 e. The first-order valence-electron chi connectivity index (χ1n) is 5.69. The number of fused-ring (bicyclic) bond motifs is 1. The van der Waals surface area contributed by atoms with Crippen LogP contribution >= 0.6 is 11.3 Å². The number of nitrogens with two attached hydrogens (primary N) is 1. The van der Waals surface area contributed by atoms with Gasteiger partial charge in [-0.05, 0) is 23.1 Å². The van der Waals surface area contributed by atoms with Gasteiger partial charge in [0.2, 0.25) is 0 Å². The van der Waals surface area contributed by atoms with Gasteiger partial charge in [0, 0.05) is 34.4 Å². The standard InChI is InChI=1S/C14H14N2S/c15-8-11(14-6-3-7-17-14)12-9-16-13-5-2-1-4-10(12)13/h1-7,9,11,16H,8,15H2/t11-/m0/s1. The van der Waals surface area contributed by atoms with Crippen LogP contribution in [0.5, 0.6) is 0 Å². The van der Waals surface area contributed by atoms with Gasteiger partial charge >= 0.3 is 0 Å². The van der Waals surface area contributed by atoms with Crippen molar-refractivity contribution in [3.05, 3.63) is 58.4 Å². The third-order valence-corrected chi connectivity index (χ3v) is 4.10. The van der Waals surface area contributed by atoms with Crippen molar-refractivity contribution in [3.63, 3.8) is 0 Å². The predicted molar refractivity (Wildman–Crippen MR) is 73.5 cm³/mol. The van der Waals surface area contributed by atoms with Crippen LogP contribution in [0.25, 0.3) is 10.9 Å². The molecule has 2 heterocycles. The third-order valence-electron chi connectivity index (χ3n) is 3.12. The van der Waals surface area contributed by atoms with Crippen molar-refractivity contribution < 1.29 is 0 Å². The van der Waals surface area contributed by atoms with Crippen LogP contribution in [0.3, 0.4) is 0 Å². The second-order valence-corrected chi connectivity index (χ2v) is 5.07. The first-order chi connectivity index (χ1) is 8.40. The molecule has 3 aromatic rings. The molecule has 0 amide bonds. The Morgan fingerprint density at radius 1 is 1.18 bits per heavy atom.